The number of thioether (sulfide) groups is 2. The molecule has 0 unspecified atom stereocenters. The highest BCUT2D eigenvalue weighted by molar-refractivity contribution is 7.99. The van der Waals surface area contributed by atoms with Crippen molar-refractivity contribution in [1.29, 1.82) is 0 Å². The number of carbonyl (C=O) groups excluding carboxylic acids is 2. The minimum atomic E-state index is -1.14. The number of allylic oxidation sites excluding steroid dienone is 2. The van der Waals surface area contributed by atoms with Crippen LogP contribution in [-0.4, -0.2) is 91.2 Å². The minimum Gasteiger partial charge on any atom is -0.480 e. The molecule has 0 aliphatic heterocycles. The Balaban J connectivity index is 0.000000480. The van der Waals surface area contributed by atoms with Gasteiger partial charge < -0.3 is 42.5 Å². The number of hydrogen-bond acceptors (Lipinski definition) is 10. The molecule has 16 heteroatoms. The summed E-state index contributed by atoms with van der Waals surface area (Å²) >= 11 is 2.93. The van der Waals surface area contributed by atoms with E-state index >= 15 is 0 Å². The summed E-state index contributed by atoms with van der Waals surface area (Å²) < 4.78 is 0. The number of hydrogen-bond donors (Lipinski definition) is 8. The third-order valence-corrected chi connectivity index (χ3v) is 10.4. The fourth-order valence-corrected chi connectivity index (χ4v) is 6.35. The number of nitrogens with one attached hydrogen (secondary N) is 2. The first-order valence-corrected chi connectivity index (χ1v) is 18.2. The van der Waals surface area contributed by atoms with E-state index < -0.39 is 36.0 Å². The maximum Gasteiger partial charge on any atom is 0.352 e. The summed E-state index contributed by atoms with van der Waals surface area (Å²) in [5, 5.41) is 40.6. The van der Waals surface area contributed by atoms with E-state index in [4.69, 9.17) is 31.9 Å². The number of unbranched alkanes of at least 4 members (excludes halogenated alkanes) is 4. The van der Waals surface area contributed by atoms with Crippen LogP contribution < -0.4 is 22.1 Å². The Morgan fingerprint density at radius 3 is 1.23 bits per heavy atom. The lowest BCUT2D eigenvalue weighted by molar-refractivity contribution is -0.138. The lowest BCUT2D eigenvalue weighted by Gasteiger charge is -2.08. The summed E-state index contributed by atoms with van der Waals surface area (Å²) in [7, 11) is 0. The maximum atomic E-state index is 12.0. The molecule has 14 nitrogen and oxygen atoms in total. The molecule has 10 N–H and O–H groups in total. The number of aliphatic carboxylic acids is 4. The van der Waals surface area contributed by atoms with E-state index in [9.17, 15) is 28.8 Å². The molecule has 2 rings (SSSR count). The Morgan fingerprint density at radius 1 is 0.667 bits per heavy atom. The van der Waals surface area contributed by atoms with Gasteiger partial charge in [0.15, 0.2) is 0 Å². The molecule has 2 aliphatic rings. The van der Waals surface area contributed by atoms with Gasteiger partial charge in [-0.05, 0) is 73.7 Å². The quantitative estimate of drug-likeness (QED) is 0.0592. The number of carbonyl (C=O) groups is 6. The molecule has 0 spiro atoms. The Kier molecular flexibility index (Phi) is 18.3. The number of nitrogens with two attached hydrogens (primary N) is 2. The van der Waals surface area contributed by atoms with Crippen LogP contribution in [-0.2, 0) is 28.8 Å². The van der Waals surface area contributed by atoms with Crippen molar-refractivity contribution in [3.05, 3.63) is 23.5 Å². The van der Waals surface area contributed by atoms with Gasteiger partial charge in [0.05, 0.1) is 0 Å². The normalized spacial score (nSPS) is 20.3. The first-order chi connectivity index (χ1) is 22.3. The zero-order valence-electron chi connectivity index (χ0n) is 28.2. The molecule has 2 amide bonds. The van der Waals surface area contributed by atoms with E-state index in [-0.39, 0.29) is 45.9 Å². The molecule has 0 bridgehead atoms. The van der Waals surface area contributed by atoms with Crippen LogP contribution in [0, 0.1) is 22.7 Å². The van der Waals surface area contributed by atoms with Crippen molar-refractivity contribution in [2.45, 2.75) is 91.1 Å². The van der Waals surface area contributed by atoms with Gasteiger partial charge in [0.2, 0.25) is 11.8 Å². The summed E-state index contributed by atoms with van der Waals surface area (Å²) in [5.41, 5.74) is 10.6. The van der Waals surface area contributed by atoms with Crippen LogP contribution in [0.3, 0.4) is 0 Å². The van der Waals surface area contributed by atoms with Gasteiger partial charge in [-0.2, -0.15) is 23.5 Å². The lowest BCUT2D eigenvalue weighted by Crippen LogP contribution is -2.32. The van der Waals surface area contributed by atoms with Crippen molar-refractivity contribution in [3.8, 4) is 0 Å². The van der Waals surface area contributed by atoms with E-state index in [1.165, 1.54) is 35.7 Å². The van der Waals surface area contributed by atoms with Gasteiger partial charge in [-0.1, -0.05) is 39.8 Å². The first-order valence-electron chi connectivity index (χ1n) is 15.9. The van der Waals surface area contributed by atoms with Gasteiger partial charge in [-0.25, -0.2) is 9.59 Å². The minimum absolute atomic E-state index is 0.0400. The van der Waals surface area contributed by atoms with Crippen molar-refractivity contribution < 1.29 is 49.2 Å². The van der Waals surface area contributed by atoms with Crippen molar-refractivity contribution in [3.63, 3.8) is 0 Å². The number of rotatable bonds is 22. The van der Waals surface area contributed by atoms with Gasteiger partial charge in [0.25, 0.3) is 0 Å². The van der Waals surface area contributed by atoms with Crippen molar-refractivity contribution in [2.24, 2.45) is 34.1 Å². The monoisotopic (exact) mass is 716 g/mol. The molecule has 2 aliphatic carbocycles. The lowest BCUT2D eigenvalue weighted by atomic mass is 10.1. The molecular weight excluding hydrogens is 665 g/mol. The third kappa shape index (κ3) is 16.8. The SMILES string of the molecule is CC1(C)C[C@@H]1C(=O)N/C(=C\CCCCSC[C@H](N)C(=O)O)C(=O)O.CC1(C)C[C@@H]1C(=O)N/C(=C\CCCCSC[C@H](N)C(=O)O)C(=O)O. The van der Waals surface area contributed by atoms with E-state index in [0.717, 1.165) is 50.0 Å². The Labute approximate surface area is 290 Å². The molecule has 0 aromatic carbocycles. The summed E-state index contributed by atoms with van der Waals surface area (Å²) in [5.74, 6) is -2.73. The fourth-order valence-electron chi connectivity index (χ4n) is 4.41. The topological polar surface area (TPSA) is 259 Å². The van der Waals surface area contributed by atoms with Gasteiger partial charge in [-0.3, -0.25) is 19.2 Å². The standard InChI is InChI=1S/2C16H26N2O5S/c2*1-16(2)8-10(16)13(19)18-12(15(22)23)6-4-3-5-7-24-9-11(17)14(20)21/h2*6,10-11H,3-5,7-9,17H2,1-2H3,(H,18,19)(H,20,21)(H,22,23)/b2*12-6-/t2*10-,11+/m11/s1. The van der Waals surface area contributed by atoms with Crippen LogP contribution >= 0.6 is 23.5 Å². The van der Waals surface area contributed by atoms with Gasteiger partial charge in [-0.15, -0.1) is 0 Å². The molecular formula is C32H52N4O10S2. The first kappa shape index (κ1) is 42.9. The van der Waals surface area contributed by atoms with Crippen LogP contribution in [0.25, 0.3) is 0 Å². The van der Waals surface area contributed by atoms with Crippen LogP contribution in [0.2, 0.25) is 0 Å². The average molecular weight is 717 g/mol. The van der Waals surface area contributed by atoms with E-state index in [1.807, 2.05) is 27.7 Å². The fraction of sp³-hybridized carbons (Fsp3) is 0.688. The molecule has 2 fully saturated rings. The molecule has 2 saturated carbocycles. The number of amides is 2. The van der Waals surface area contributed by atoms with Gasteiger partial charge in [0.1, 0.15) is 23.5 Å². The highest BCUT2D eigenvalue weighted by Crippen LogP contribution is 2.52. The van der Waals surface area contributed by atoms with Crippen molar-refractivity contribution >= 4 is 59.2 Å². The highest BCUT2D eigenvalue weighted by atomic mass is 32.2. The largest absolute Gasteiger partial charge is 0.480 e. The summed E-state index contributed by atoms with van der Waals surface area (Å²) in [4.78, 5) is 67.4. The smallest absolute Gasteiger partial charge is 0.352 e. The van der Waals surface area contributed by atoms with Crippen LogP contribution in [0.4, 0.5) is 0 Å². The number of carboxylic acids is 4. The average Bonchev–Trinajstić information content (AvgIpc) is 3.85. The summed E-state index contributed by atoms with van der Waals surface area (Å²) in [6, 6.07) is -1.70. The third-order valence-electron chi connectivity index (χ3n) is 8.05. The molecule has 0 aromatic rings. The zero-order valence-corrected chi connectivity index (χ0v) is 29.8. The highest BCUT2D eigenvalue weighted by Gasteiger charge is 2.51. The second kappa shape index (κ2) is 20.4. The summed E-state index contributed by atoms with van der Waals surface area (Å²) in [6.07, 6.45) is 8.88. The van der Waals surface area contributed by atoms with Gasteiger partial charge >= 0.3 is 23.9 Å². The van der Waals surface area contributed by atoms with E-state index in [2.05, 4.69) is 10.6 Å². The number of carboxylic acid groups (broad SMARTS) is 4. The molecule has 0 heterocycles. The van der Waals surface area contributed by atoms with Crippen molar-refractivity contribution in [2.75, 3.05) is 23.0 Å². The maximum absolute atomic E-state index is 12.0. The Bertz CT molecular complexity index is 1130. The van der Waals surface area contributed by atoms with E-state index in [1.54, 1.807) is 0 Å². The molecule has 0 radical (unpaired) electrons. The summed E-state index contributed by atoms with van der Waals surface area (Å²) in [6.45, 7) is 7.93. The second-order valence-corrected chi connectivity index (χ2v) is 15.6. The zero-order chi connectivity index (χ0) is 36.7. The van der Waals surface area contributed by atoms with Crippen LogP contribution in [0.15, 0.2) is 23.5 Å². The Morgan fingerprint density at radius 2 is 0.979 bits per heavy atom. The molecule has 272 valence electrons. The molecule has 4 atom stereocenters. The van der Waals surface area contributed by atoms with Crippen LogP contribution in [0.1, 0.15) is 79.1 Å². The molecule has 0 aromatic heterocycles. The van der Waals surface area contributed by atoms with Gasteiger partial charge in [0, 0.05) is 23.3 Å². The molecule has 48 heavy (non-hydrogen) atoms. The second-order valence-electron chi connectivity index (χ2n) is 13.3. The predicted octanol–water partition coefficient (Wildman–Crippen LogP) is 2.87. The Hall–Kier alpha value is -3.08. The van der Waals surface area contributed by atoms with Crippen molar-refractivity contribution in [1.82, 2.24) is 10.6 Å². The predicted molar refractivity (Wildman–Crippen MR) is 185 cm³/mol. The van der Waals surface area contributed by atoms with E-state index in [0.29, 0.717) is 24.3 Å². The molecule has 0 saturated heterocycles. The van der Waals surface area contributed by atoms with Crippen LogP contribution in [0.5, 0.6) is 0 Å².